The van der Waals surface area contributed by atoms with Gasteiger partial charge < -0.3 is 10.4 Å². The number of carbonyl (C=O) groups is 1. The first-order chi connectivity index (χ1) is 14.8. The normalized spacial score (nSPS) is 18.1. The first-order valence-electron chi connectivity index (χ1n) is 10.9. The number of aromatic hydroxyl groups is 1. The van der Waals surface area contributed by atoms with E-state index < -0.39 is 22.8 Å². The zero-order valence-corrected chi connectivity index (χ0v) is 18.4. The van der Waals surface area contributed by atoms with E-state index in [2.05, 4.69) is 29.0 Å². The van der Waals surface area contributed by atoms with Crippen LogP contribution in [0.2, 0.25) is 0 Å². The van der Waals surface area contributed by atoms with Crippen LogP contribution in [-0.2, 0) is 12.1 Å². The van der Waals surface area contributed by atoms with Gasteiger partial charge in [-0.15, -0.1) is 0 Å². The van der Waals surface area contributed by atoms with Gasteiger partial charge in [-0.3, -0.25) is 19.1 Å². The third-order valence-corrected chi connectivity index (χ3v) is 6.10. The van der Waals surface area contributed by atoms with Crippen molar-refractivity contribution in [1.82, 2.24) is 19.8 Å². The van der Waals surface area contributed by atoms with Crippen LogP contribution < -0.4 is 10.9 Å². The molecule has 0 aromatic carbocycles. The molecule has 2 aliphatic rings. The number of hydrogen-bond acceptors (Lipinski definition) is 5. The Kier molecular flexibility index (Phi) is 7.10. The molecule has 0 spiro atoms. The zero-order chi connectivity index (χ0) is 22.6. The smallest absolute Gasteiger partial charge is 0.296 e. The minimum Gasteiger partial charge on any atom is -0.501 e. The maximum Gasteiger partial charge on any atom is 0.296 e. The Morgan fingerprint density at radius 3 is 2.61 bits per heavy atom. The lowest BCUT2D eigenvalue weighted by Gasteiger charge is -2.46. The van der Waals surface area contributed by atoms with Crippen molar-refractivity contribution in [3.05, 3.63) is 57.6 Å². The molecule has 3 rings (SSSR count). The number of aromatic nitrogens is 2. The van der Waals surface area contributed by atoms with Gasteiger partial charge in [0.05, 0.1) is 5.54 Å². The van der Waals surface area contributed by atoms with E-state index in [-0.39, 0.29) is 18.1 Å². The van der Waals surface area contributed by atoms with Gasteiger partial charge in [0.15, 0.2) is 5.69 Å². The molecule has 1 aliphatic heterocycles. The number of allylic oxidation sites excluding steroid dienone is 4. The van der Waals surface area contributed by atoms with Gasteiger partial charge in [-0.05, 0) is 44.0 Å². The fraction of sp³-hybridized carbons (Fsp3) is 0.522. The molecule has 0 radical (unpaired) electrons. The van der Waals surface area contributed by atoms with E-state index in [1.807, 2.05) is 7.05 Å². The number of hydrogen-bond donors (Lipinski definition) is 2. The van der Waals surface area contributed by atoms with Crippen molar-refractivity contribution in [3.63, 3.8) is 0 Å². The lowest BCUT2D eigenvalue weighted by molar-refractivity contribution is 0.0501. The van der Waals surface area contributed by atoms with Gasteiger partial charge in [0.25, 0.3) is 11.5 Å². The standard InChI is InChI=1S/C23H31FN4O3/c1-4-11-23(12-5-2)22-26-18(19(29)21(31)28(22)14-13-27(23)3)20(30)25-15-16-7-6-8-17(24)10-9-16/h7-10,29H,4-6,11-15H2,1-3H3,(H,25,30). The molecule has 2 N–H and O–H groups in total. The highest BCUT2D eigenvalue weighted by molar-refractivity contribution is 5.94. The number of fused-ring (bicyclic) bond motifs is 1. The number of nitrogens with zero attached hydrogens (tertiary/aromatic N) is 3. The average Bonchev–Trinajstić information content (AvgIpc) is 2.96. The summed E-state index contributed by atoms with van der Waals surface area (Å²) in [6.45, 7) is 5.40. The first-order valence-corrected chi connectivity index (χ1v) is 10.9. The Bertz CT molecular complexity index is 987. The molecule has 7 nitrogen and oxygen atoms in total. The molecular weight excluding hydrogens is 399 g/mol. The molecule has 0 saturated carbocycles. The van der Waals surface area contributed by atoms with Crippen molar-refractivity contribution in [2.45, 2.75) is 58.0 Å². The predicted octanol–water partition coefficient (Wildman–Crippen LogP) is 3.16. The van der Waals surface area contributed by atoms with Gasteiger partial charge in [-0.1, -0.05) is 38.8 Å². The van der Waals surface area contributed by atoms with Crippen LogP contribution in [0.4, 0.5) is 4.39 Å². The molecule has 0 fully saturated rings. The minimum absolute atomic E-state index is 0.144. The van der Waals surface area contributed by atoms with Crippen molar-refractivity contribution in [1.29, 1.82) is 0 Å². The highest BCUT2D eigenvalue weighted by Gasteiger charge is 2.43. The monoisotopic (exact) mass is 430 g/mol. The van der Waals surface area contributed by atoms with Gasteiger partial charge >= 0.3 is 0 Å². The largest absolute Gasteiger partial charge is 0.501 e. The maximum atomic E-state index is 13.3. The fourth-order valence-corrected chi connectivity index (χ4v) is 4.50. The van der Waals surface area contributed by atoms with E-state index in [1.165, 1.54) is 16.7 Å². The summed E-state index contributed by atoms with van der Waals surface area (Å²) in [5, 5.41) is 13.2. The summed E-state index contributed by atoms with van der Waals surface area (Å²) in [6.07, 6.45) is 10.00. The Hall–Kier alpha value is -2.74. The predicted molar refractivity (Wildman–Crippen MR) is 118 cm³/mol. The van der Waals surface area contributed by atoms with E-state index in [4.69, 9.17) is 0 Å². The quantitative estimate of drug-likeness (QED) is 0.694. The molecule has 0 bridgehead atoms. The van der Waals surface area contributed by atoms with Crippen LogP contribution in [0.1, 0.15) is 62.3 Å². The van der Waals surface area contributed by atoms with Crippen molar-refractivity contribution >= 4 is 5.91 Å². The van der Waals surface area contributed by atoms with Crippen LogP contribution >= 0.6 is 0 Å². The number of nitrogens with one attached hydrogen (secondary N) is 1. The second-order valence-electron chi connectivity index (χ2n) is 8.16. The van der Waals surface area contributed by atoms with Gasteiger partial charge in [0.2, 0.25) is 5.75 Å². The number of amides is 1. The van der Waals surface area contributed by atoms with Crippen LogP contribution in [0.5, 0.6) is 5.75 Å². The Morgan fingerprint density at radius 2 is 1.94 bits per heavy atom. The summed E-state index contributed by atoms with van der Waals surface area (Å²) >= 11 is 0. The summed E-state index contributed by atoms with van der Waals surface area (Å²) in [5.41, 5.74) is -0.567. The summed E-state index contributed by atoms with van der Waals surface area (Å²) < 4.78 is 14.9. The average molecular weight is 431 g/mol. The number of likely N-dealkylation sites (N-methyl/N-ethyl adjacent to an activating group) is 1. The molecule has 1 aromatic heterocycles. The van der Waals surface area contributed by atoms with E-state index >= 15 is 0 Å². The maximum absolute atomic E-state index is 13.3. The third-order valence-electron chi connectivity index (χ3n) is 6.10. The fourth-order valence-electron chi connectivity index (χ4n) is 4.50. The highest BCUT2D eigenvalue weighted by atomic mass is 19.1. The number of carbonyl (C=O) groups excluding carboxylic acids is 1. The Morgan fingerprint density at radius 1 is 1.23 bits per heavy atom. The molecule has 8 heteroatoms. The van der Waals surface area contributed by atoms with Crippen molar-refractivity contribution < 1.29 is 14.3 Å². The summed E-state index contributed by atoms with van der Waals surface area (Å²) in [7, 11) is 2.02. The minimum atomic E-state index is -0.634. The van der Waals surface area contributed by atoms with Gasteiger partial charge in [0.1, 0.15) is 11.7 Å². The molecule has 0 unspecified atom stereocenters. The first kappa shape index (κ1) is 22.9. The lowest BCUT2D eigenvalue weighted by Crippen LogP contribution is -2.54. The molecule has 168 valence electrons. The van der Waals surface area contributed by atoms with Gasteiger partial charge in [-0.25, -0.2) is 9.37 Å². The molecule has 31 heavy (non-hydrogen) atoms. The van der Waals surface area contributed by atoms with Crippen molar-refractivity contribution in [2.75, 3.05) is 20.1 Å². The lowest BCUT2D eigenvalue weighted by atomic mass is 9.84. The van der Waals surface area contributed by atoms with Crippen LogP contribution in [-0.4, -0.2) is 45.6 Å². The van der Waals surface area contributed by atoms with Crippen molar-refractivity contribution in [2.24, 2.45) is 0 Å². The van der Waals surface area contributed by atoms with E-state index in [1.54, 1.807) is 12.2 Å². The van der Waals surface area contributed by atoms with Gasteiger partial charge in [-0.2, -0.15) is 0 Å². The molecule has 0 saturated heterocycles. The van der Waals surface area contributed by atoms with Gasteiger partial charge in [0, 0.05) is 19.6 Å². The Labute approximate surface area is 182 Å². The summed E-state index contributed by atoms with van der Waals surface area (Å²) in [5.74, 6) is -1.05. The van der Waals surface area contributed by atoms with Crippen LogP contribution in [0, 0.1) is 0 Å². The van der Waals surface area contributed by atoms with Crippen LogP contribution in [0.25, 0.3) is 0 Å². The topological polar surface area (TPSA) is 87.5 Å². The van der Waals surface area contributed by atoms with Crippen LogP contribution in [0.3, 0.4) is 0 Å². The number of rotatable bonds is 7. The highest BCUT2D eigenvalue weighted by Crippen LogP contribution is 2.38. The summed E-state index contributed by atoms with van der Waals surface area (Å²) in [4.78, 5) is 32.6. The molecule has 1 amide bonds. The third kappa shape index (κ3) is 4.49. The SMILES string of the molecule is CCCC1(CCC)c2nc(C(=O)NCC3=CCC=C(F)C=C3)c(O)c(=O)n2CCN1C. The molecule has 1 aliphatic carbocycles. The second kappa shape index (κ2) is 9.60. The molecule has 0 atom stereocenters. The van der Waals surface area contributed by atoms with Crippen molar-refractivity contribution in [3.8, 4) is 5.75 Å². The van der Waals surface area contributed by atoms with E-state index in [0.717, 1.165) is 31.3 Å². The molecular formula is C23H31FN4O3. The van der Waals surface area contributed by atoms with E-state index in [0.29, 0.717) is 25.3 Å². The summed E-state index contributed by atoms with van der Waals surface area (Å²) in [6, 6.07) is 0. The Balaban J connectivity index is 1.95. The number of halogens is 1. The molecule has 1 aromatic rings. The van der Waals surface area contributed by atoms with E-state index in [9.17, 15) is 19.1 Å². The zero-order valence-electron chi connectivity index (χ0n) is 18.4. The molecule has 2 heterocycles. The van der Waals surface area contributed by atoms with Crippen LogP contribution in [0.15, 0.2) is 40.5 Å². The second-order valence-corrected chi connectivity index (χ2v) is 8.16.